The number of rotatable bonds is 0. The Hall–Kier alpha value is -3.19. The predicted octanol–water partition coefficient (Wildman–Crippen LogP) is -1.49. The van der Waals surface area contributed by atoms with Crippen LogP contribution in [0.3, 0.4) is 0 Å². The summed E-state index contributed by atoms with van der Waals surface area (Å²) in [7, 11) is 0. The van der Waals surface area contributed by atoms with Crippen molar-refractivity contribution in [1.29, 1.82) is 5.41 Å². The van der Waals surface area contributed by atoms with Crippen molar-refractivity contribution in [3.63, 3.8) is 0 Å². The quantitative estimate of drug-likeness (QED) is 0.0945. The van der Waals surface area contributed by atoms with E-state index in [1.165, 1.54) is 0 Å². The molecule has 0 heterocycles. The first-order valence-corrected chi connectivity index (χ1v) is 3.38. The third-order valence-electron chi connectivity index (χ3n) is 0. The van der Waals surface area contributed by atoms with Gasteiger partial charge in [-0.3, -0.25) is 5.41 Å². The Kier molecular flexibility index (Phi) is 98.6. The summed E-state index contributed by atoms with van der Waals surface area (Å²) >= 11 is 0. The maximum atomic E-state index is 8.25. The van der Waals surface area contributed by atoms with Crippen molar-refractivity contribution in [2.45, 2.75) is 0 Å². The van der Waals surface area contributed by atoms with Crippen LogP contribution >= 0.6 is 0 Å². The van der Waals surface area contributed by atoms with Gasteiger partial charge in [0.2, 0.25) is 0 Å². The molecule has 0 spiro atoms. The van der Waals surface area contributed by atoms with Crippen molar-refractivity contribution in [1.82, 2.24) is 6.15 Å². The number of nitrogens with zero attached hydrogens (tertiary/aromatic N) is 5. The van der Waals surface area contributed by atoms with E-state index in [0.29, 0.717) is 0 Å². The molecule has 0 unspecified atom stereocenters. The molecule has 25 heavy (non-hydrogen) atoms. The zero-order chi connectivity index (χ0) is 20.6. The summed E-state index contributed by atoms with van der Waals surface area (Å²) in [4.78, 5) is 41.0. The number of guanidine groups is 1. The smallest absolute Gasteiger partial charge is 0.444 e. The van der Waals surface area contributed by atoms with E-state index in [1.54, 1.807) is 0 Å². The van der Waals surface area contributed by atoms with Gasteiger partial charge >= 0.3 is 41.7 Å². The minimum absolute atomic E-state index is 0. The molecule has 0 aromatic heterocycles. The first kappa shape index (κ1) is 49.5. The number of hydrogen-bond donors (Lipinski definition) is 4. The van der Waals surface area contributed by atoms with Crippen molar-refractivity contribution in [3.8, 4) is 0 Å². The Morgan fingerprint density at radius 1 is 0.720 bits per heavy atom. The summed E-state index contributed by atoms with van der Waals surface area (Å²) in [5, 5.41) is 74.1. The first-order chi connectivity index (χ1) is 10.1. The summed E-state index contributed by atoms with van der Waals surface area (Å²) in [5.41, 5.74) is 8.94. The van der Waals surface area contributed by atoms with Crippen molar-refractivity contribution < 1.29 is 62.1 Å². The second-order valence-electron chi connectivity index (χ2n) is 1.42. The molecule has 0 amide bonds. The predicted molar refractivity (Wildman–Crippen MR) is 72.7 cm³/mol. The van der Waals surface area contributed by atoms with E-state index in [1.807, 2.05) is 0 Å². The molecule has 0 aliphatic carbocycles. The van der Waals surface area contributed by atoms with Gasteiger partial charge in [-0.05, 0) is 0 Å². The van der Waals surface area contributed by atoms with E-state index in [-0.39, 0.29) is 53.9 Å². The first-order valence-electron chi connectivity index (χ1n) is 3.38. The SMILES string of the molecule is N=C(N)N.O=N[O-].O=[N+]([O-])[O-].O=[N+]([O-])[O-].O=[N+]([O-])[O-].O=[N+]([O-])[O-].[Ce+3].[NH4+]. The average Bonchev–Trinajstić information content (AvgIpc) is 2.11. The van der Waals surface area contributed by atoms with Gasteiger partial charge in [0, 0.05) is 0 Å². The second-order valence-corrected chi connectivity index (χ2v) is 1.42. The van der Waals surface area contributed by atoms with Crippen LogP contribution in [0.25, 0.3) is 0 Å². The van der Waals surface area contributed by atoms with Crippen LogP contribution in [0.4, 0.5) is 0 Å². The summed E-state index contributed by atoms with van der Waals surface area (Å²) in [6.07, 6.45) is 0. The normalized spacial score (nSPS) is 5.28. The van der Waals surface area contributed by atoms with E-state index in [9.17, 15) is 0 Å². The zero-order valence-corrected chi connectivity index (χ0v) is 14.7. The zero-order valence-electron chi connectivity index (χ0n) is 11.6. The number of nitrogens with one attached hydrogen (secondary N) is 1. The second kappa shape index (κ2) is 49.8. The number of hydrogen-bond acceptors (Lipinski definition) is 16. The largest absolute Gasteiger partial charge is 3.00 e. The van der Waals surface area contributed by atoms with Crippen LogP contribution in [-0.4, -0.2) is 26.3 Å². The Labute approximate surface area is 167 Å². The van der Waals surface area contributed by atoms with Crippen LogP contribution in [0.15, 0.2) is 5.34 Å². The van der Waals surface area contributed by atoms with Crippen molar-refractivity contribution >= 4 is 5.96 Å². The molecule has 0 aromatic rings. The van der Waals surface area contributed by atoms with Crippen LogP contribution in [-0.2, 0) is 0 Å². The van der Waals surface area contributed by atoms with E-state index in [2.05, 4.69) is 11.5 Å². The molecule has 0 saturated carbocycles. The van der Waals surface area contributed by atoms with Gasteiger partial charge < -0.3 is 89.0 Å². The minimum atomic E-state index is -1.75. The van der Waals surface area contributed by atoms with Gasteiger partial charge in [-0.25, -0.2) is 0 Å². The molecule has 147 valence electrons. The molecule has 0 saturated heterocycles. The van der Waals surface area contributed by atoms with Crippen LogP contribution in [0.1, 0.15) is 0 Å². The molecule has 24 heteroatoms. The molecular formula is CH9CeN9O14-. The van der Waals surface area contributed by atoms with Gasteiger partial charge in [-0.2, -0.15) is 0 Å². The monoisotopic (exact) mass is 511 g/mol. The van der Waals surface area contributed by atoms with Crippen molar-refractivity contribution in [3.05, 3.63) is 71.4 Å². The molecule has 1 radical (unpaired) electrons. The summed E-state index contributed by atoms with van der Waals surface area (Å²) in [6.45, 7) is 0. The summed E-state index contributed by atoms with van der Waals surface area (Å²) in [6, 6.07) is 0. The third-order valence-corrected chi connectivity index (χ3v) is 0. The fourth-order valence-electron chi connectivity index (χ4n) is 0. The number of quaternary nitrogens is 1. The molecule has 0 atom stereocenters. The van der Waals surface area contributed by atoms with Crippen molar-refractivity contribution in [2.75, 3.05) is 0 Å². The van der Waals surface area contributed by atoms with E-state index < -0.39 is 20.3 Å². The van der Waals surface area contributed by atoms with Gasteiger partial charge in [0.25, 0.3) is 0 Å². The molecule has 23 nitrogen and oxygen atoms in total. The molecule has 0 aromatic carbocycles. The molecule has 0 rings (SSSR count). The minimum Gasteiger partial charge on any atom is -0.444 e. The van der Waals surface area contributed by atoms with Crippen LogP contribution in [0.5, 0.6) is 0 Å². The standard InChI is InChI=1S/CH5N3.Ce.4NO3.HNO2.H3N/c2-1(3)4;;4*2-1(3)4;2-1-3;/h(H5,2,3,4);;;;;;(H,2,3);1H3/q;+3;4*-1;;. The van der Waals surface area contributed by atoms with E-state index in [0.717, 1.165) is 5.34 Å². The van der Waals surface area contributed by atoms with Gasteiger partial charge in [-0.1, -0.05) is 0 Å². The van der Waals surface area contributed by atoms with Crippen LogP contribution in [0, 0.1) is 119 Å². The van der Waals surface area contributed by atoms with Crippen LogP contribution < -0.4 is 17.6 Å². The Morgan fingerprint density at radius 3 is 0.720 bits per heavy atom. The molecule has 9 N–H and O–H groups in total. The molecule has 0 fully saturated rings. The summed E-state index contributed by atoms with van der Waals surface area (Å²) in [5.74, 6) is -0.333. The van der Waals surface area contributed by atoms with Crippen molar-refractivity contribution in [2.24, 2.45) is 16.8 Å². The van der Waals surface area contributed by atoms with Gasteiger partial charge in [-0.15, -0.1) is 5.34 Å². The Balaban J connectivity index is -0.0000000228. The van der Waals surface area contributed by atoms with Gasteiger partial charge in [0.15, 0.2) is 5.96 Å². The summed E-state index contributed by atoms with van der Waals surface area (Å²) < 4.78 is 0. The fraction of sp³-hybridized carbons (Fsp3) is 0. The molecule has 0 aliphatic heterocycles. The molecular weight excluding hydrogens is 502 g/mol. The van der Waals surface area contributed by atoms with E-state index >= 15 is 0 Å². The molecule has 0 aliphatic rings. The Bertz CT molecular complexity index is 256. The average molecular weight is 511 g/mol. The van der Waals surface area contributed by atoms with Gasteiger partial charge in [0.05, 0.1) is 20.3 Å². The van der Waals surface area contributed by atoms with Gasteiger partial charge in [0.1, 0.15) is 0 Å². The Morgan fingerprint density at radius 2 is 0.720 bits per heavy atom. The maximum absolute atomic E-state index is 8.25. The van der Waals surface area contributed by atoms with E-state index in [4.69, 9.17) is 76.8 Å². The topological polar surface area (TPSA) is 430 Å². The molecule has 0 bridgehead atoms. The van der Waals surface area contributed by atoms with Crippen LogP contribution in [0.2, 0.25) is 0 Å². The fourth-order valence-corrected chi connectivity index (χ4v) is 0. The third kappa shape index (κ3) is 722. The number of nitrogens with two attached hydrogens (primary N) is 2. The maximum Gasteiger partial charge on any atom is 3.00 e.